The maximum absolute atomic E-state index is 12.0. The van der Waals surface area contributed by atoms with Gasteiger partial charge in [-0.2, -0.15) is 0 Å². The summed E-state index contributed by atoms with van der Waals surface area (Å²) >= 11 is 4.71. The van der Waals surface area contributed by atoms with Gasteiger partial charge in [0.15, 0.2) is 0 Å². The summed E-state index contributed by atoms with van der Waals surface area (Å²) < 4.78 is 1.04. The lowest BCUT2D eigenvalue weighted by molar-refractivity contribution is 0.102. The molecule has 0 spiro atoms. The van der Waals surface area contributed by atoms with E-state index in [0.717, 1.165) is 10.0 Å². The number of rotatable bonds is 5. The molecule has 1 aromatic carbocycles. The first-order valence-electron chi connectivity index (χ1n) is 6.72. The van der Waals surface area contributed by atoms with Crippen molar-refractivity contribution >= 4 is 44.1 Å². The van der Waals surface area contributed by atoms with Crippen LogP contribution in [0.4, 0.5) is 10.9 Å². The smallest absolute Gasteiger partial charge is 0.259 e. The van der Waals surface area contributed by atoms with Crippen LogP contribution in [0, 0.1) is 0 Å². The van der Waals surface area contributed by atoms with Crippen LogP contribution in [0.1, 0.15) is 15.9 Å². The second-order valence-electron chi connectivity index (χ2n) is 4.61. The minimum Gasteiger partial charge on any atom is -0.366 e. The maximum Gasteiger partial charge on any atom is 0.259 e. The van der Waals surface area contributed by atoms with Crippen molar-refractivity contribution in [2.45, 2.75) is 6.54 Å². The average Bonchev–Trinajstić information content (AvgIpc) is 3.06. The first kappa shape index (κ1) is 15.6. The van der Waals surface area contributed by atoms with Crippen molar-refractivity contribution < 1.29 is 4.79 Å². The highest BCUT2D eigenvalue weighted by atomic mass is 79.9. The number of nitrogens with one attached hydrogen (secondary N) is 2. The predicted octanol–water partition coefficient (Wildman–Crippen LogP) is 3.56. The third kappa shape index (κ3) is 4.33. The number of hydrogen-bond donors (Lipinski definition) is 2. The van der Waals surface area contributed by atoms with Gasteiger partial charge in [0.05, 0.1) is 5.56 Å². The van der Waals surface area contributed by atoms with Gasteiger partial charge < -0.3 is 5.32 Å². The van der Waals surface area contributed by atoms with Gasteiger partial charge in [-0.1, -0.05) is 39.4 Å². The van der Waals surface area contributed by atoms with Crippen LogP contribution in [-0.4, -0.2) is 21.1 Å². The summed E-state index contributed by atoms with van der Waals surface area (Å²) in [6.07, 6.45) is 1.53. The van der Waals surface area contributed by atoms with E-state index in [1.165, 1.54) is 17.5 Å². The van der Waals surface area contributed by atoms with E-state index in [2.05, 4.69) is 41.7 Å². The van der Waals surface area contributed by atoms with Crippen LogP contribution in [0.25, 0.3) is 0 Å². The highest BCUT2D eigenvalue weighted by Crippen LogP contribution is 2.14. The monoisotopic (exact) mass is 389 g/mol. The summed E-state index contributed by atoms with van der Waals surface area (Å²) in [5, 5.41) is 13.8. The molecule has 0 unspecified atom stereocenters. The van der Waals surface area contributed by atoms with Crippen LogP contribution in [0.2, 0.25) is 0 Å². The molecule has 8 heteroatoms. The van der Waals surface area contributed by atoms with E-state index in [9.17, 15) is 4.79 Å². The van der Waals surface area contributed by atoms with Gasteiger partial charge >= 0.3 is 0 Å². The molecule has 0 fully saturated rings. The van der Waals surface area contributed by atoms with E-state index >= 15 is 0 Å². The molecule has 0 bridgehead atoms. The van der Waals surface area contributed by atoms with E-state index < -0.39 is 0 Å². The summed E-state index contributed by atoms with van der Waals surface area (Å²) in [5.41, 5.74) is 3.16. The van der Waals surface area contributed by atoms with E-state index in [0.29, 0.717) is 23.1 Å². The molecule has 0 atom stereocenters. The fourth-order valence-electron chi connectivity index (χ4n) is 1.87. The first-order valence-corrected chi connectivity index (χ1v) is 8.40. The van der Waals surface area contributed by atoms with Gasteiger partial charge in [0.2, 0.25) is 5.13 Å². The lowest BCUT2D eigenvalue weighted by Gasteiger charge is -2.07. The minimum atomic E-state index is -0.257. The van der Waals surface area contributed by atoms with Gasteiger partial charge in [-0.3, -0.25) is 10.1 Å². The lowest BCUT2D eigenvalue weighted by Crippen LogP contribution is -2.12. The number of nitrogens with zero attached hydrogens (tertiary/aromatic N) is 3. The highest BCUT2D eigenvalue weighted by molar-refractivity contribution is 9.10. The summed E-state index contributed by atoms with van der Waals surface area (Å²) in [6.45, 7) is 0.656. The molecule has 0 aliphatic carbocycles. The van der Waals surface area contributed by atoms with Gasteiger partial charge in [-0.05, 0) is 29.8 Å². The Morgan fingerprint density at radius 1 is 1.26 bits per heavy atom. The largest absolute Gasteiger partial charge is 0.366 e. The number of carbonyl (C=O) groups is 1. The van der Waals surface area contributed by atoms with Gasteiger partial charge in [-0.15, -0.1) is 10.2 Å². The number of anilines is 2. The normalized spacial score (nSPS) is 10.3. The number of amides is 1. The molecule has 3 aromatic rings. The summed E-state index contributed by atoms with van der Waals surface area (Å²) in [4.78, 5) is 16.3. The van der Waals surface area contributed by atoms with Crippen LogP contribution >= 0.6 is 27.3 Å². The predicted molar refractivity (Wildman–Crippen MR) is 93.6 cm³/mol. The summed E-state index contributed by atoms with van der Waals surface area (Å²) in [6, 6.07) is 11.5. The molecule has 6 nitrogen and oxygen atoms in total. The van der Waals surface area contributed by atoms with Crippen LogP contribution in [-0.2, 0) is 6.54 Å². The molecule has 0 saturated heterocycles. The van der Waals surface area contributed by atoms with Crippen molar-refractivity contribution in [2.75, 3.05) is 10.6 Å². The topological polar surface area (TPSA) is 79.8 Å². The Hall–Kier alpha value is -2.32. The standard InChI is InChI=1S/C15H12BrN5OS/c16-12-3-1-2-10(6-12)7-17-13-5-4-11(8-18-13)14(22)20-15-21-19-9-23-15/h1-6,8-9H,7H2,(H,17,18)(H,20,21,22). The third-order valence-corrected chi connectivity index (χ3v) is 4.07. The molecule has 1 amide bonds. The Balaban J connectivity index is 1.59. The van der Waals surface area contributed by atoms with Crippen LogP contribution < -0.4 is 10.6 Å². The molecule has 3 rings (SSSR count). The van der Waals surface area contributed by atoms with Crippen molar-refractivity contribution in [1.29, 1.82) is 0 Å². The number of aromatic nitrogens is 3. The molecule has 0 aliphatic rings. The molecule has 0 saturated carbocycles. The van der Waals surface area contributed by atoms with Gasteiger partial charge in [-0.25, -0.2) is 4.98 Å². The Bertz CT molecular complexity index is 792. The van der Waals surface area contributed by atoms with Crippen molar-refractivity contribution in [3.8, 4) is 0 Å². The van der Waals surface area contributed by atoms with Crippen molar-refractivity contribution in [2.24, 2.45) is 0 Å². The molecular formula is C15H12BrN5OS. The van der Waals surface area contributed by atoms with E-state index in [1.807, 2.05) is 24.3 Å². The third-order valence-electron chi connectivity index (χ3n) is 2.97. The molecule has 2 N–H and O–H groups in total. The van der Waals surface area contributed by atoms with E-state index in [1.54, 1.807) is 17.6 Å². The minimum absolute atomic E-state index is 0.257. The quantitative estimate of drug-likeness (QED) is 0.697. The second kappa shape index (κ2) is 7.30. The molecule has 2 heterocycles. The van der Waals surface area contributed by atoms with Crippen LogP contribution in [0.15, 0.2) is 52.6 Å². The summed E-state index contributed by atoms with van der Waals surface area (Å²) in [5.74, 6) is 0.449. The number of hydrogen-bond acceptors (Lipinski definition) is 6. The zero-order valence-electron chi connectivity index (χ0n) is 11.9. The Labute approximate surface area is 145 Å². The number of benzene rings is 1. The van der Waals surface area contributed by atoms with Crippen LogP contribution in [0.5, 0.6) is 0 Å². The van der Waals surface area contributed by atoms with Gasteiger partial charge in [0, 0.05) is 17.2 Å². The molecule has 2 aromatic heterocycles. The lowest BCUT2D eigenvalue weighted by atomic mass is 10.2. The van der Waals surface area contributed by atoms with Crippen molar-refractivity contribution in [3.63, 3.8) is 0 Å². The fourth-order valence-corrected chi connectivity index (χ4v) is 2.76. The van der Waals surface area contributed by atoms with Crippen LogP contribution in [0.3, 0.4) is 0 Å². The number of pyridine rings is 1. The zero-order chi connectivity index (χ0) is 16.1. The first-order chi connectivity index (χ1) is 11.2. The van der Waals surface area contributed by atoms with E-state index in [4.69, 9.17) is 0 Å². The maximum atomic E-state index is 12.0. The average molecular weight is 390 g/mol. The van der Waals surface area contributed by atoms with E-state index in [-0.39, 0.29) is 5.91 Å². The van der Waals surface area contributed by atoms with Crippen molar-refractivity contribution in [1.82, 2.24) is 15.2 Å². The zero-order valence-corrected chi connectivity index (χ0v) is 14.3. The number of halogens is 1. The highest BCUT2D eigenvalue weighted by Gasteiger charge is 2.08. The molecule has 116 valence electrons. The Morgan fingerprint density at radius 2 is 2.17 bits per heavy atom. The van der Waals surface area contributed by atoms with Gasteiger partial charge in [0.1, 0.15) is 11.3 Å². The molecule has 0 radical (unpaired) electrons. The molecule has 0 aliphatic heterocycles. The van der Waals surface area contributed by atoms with Crippen molar-refractivity contribution in [3.05, 3.63) is 63.7 Å². The Morgan fingerprint density at radius 3 is 2.87 bits per heavy atom. The SMILES string of the molecule is O=C(Nc1nncs1)c1ccc(NCc2cccc(Br)c2)nc1. The molecule has 23 heavy (non-hydrogen) atoms. The number of carbonyl (C=O) groups excluding carboxylic acids is 1. The Kier molecular flexibility index (Phi) is 4.94. The summed E-state index contributed by atoms with van der Waals surface area (Å²) in [7, 11) is 0. The second-order valence-corrected chi connectivity index (χ2v) is 6.36. The molecular weight excluding hydrogens is 378 g/mol. The fraction of sp³-hybridized carbons (Fsp3) is 0.0667. The van der Waals surface area contributed by atoms with Gasteiger partial charge in [0.25, 0.3) is 5.91 Å².